The third kappa shape index (κ3) is 5.96. The first-order valence-electron chi connectivity index (χ1n) is 9.10. The van der Waals surface area contributed by atoms with Gasteiger partial charge in [-0.1, -0.05) is 12.1 Å². The highest BCUT2D eigenvalue weighted by atomic mass is 19.4. The van der Waals surface area contributed by atoms with Crippen molar-refractivity contribution in [1.29, 1.82) is 0 Å². The lowest BCUT2D eigenvalue weighted by molar-refractivity contribution is -0.275. The number of benzene rings is 2. The fourth-order valence-corrected chi connectivity index (χ4v) is 3.44. The van der Waals surface area contributed by atoms with Gasteiger partial charge in [0.1, 0.15) is 5.75 Å². The number of ether oxygens (including phenoxy) is 2. The molecule has 0 radical (unpaired) electrons. The van der Waals surface area contributed by atoms with E-state index in [9.17, 15) is 31.1 Å². The normalized spacial score (nSPS) is 19.4. The molecule has 0 amide bonds. The van der Waals surface area contributed by atoms with Crippen molar-refractivity contribution in [3.05, 3.63) is 48.5 Å². The number of anilines is 1. The second-order valence-corrected chi connectivity index (χ2v) is 6.97. The Morgan fingerprint density at radius 2 is 1.61 bits per heavy atom. The number of aliphatic carboxylic acids is 1. The highest BCUT2D eigenvalue weighted by Crippen LogP contribution is 2.41. The summed E-state index contributed by atoms with van der Waals surface area (Å²) in [7, 11) is 0. The van der Waals surface area contributed by atoms with Crippen LogP contribution in [-0.2, 0) is 4.79 Å². The lowest BCUT2D eigenvalue weighted by Crippen LogP contribution is -2.32. The zero-order valence-electron chi connectivity index (χ0n) is 15.8. The Hall–Kier alpha value is -3.11. The zero-order chi connectivity index (χ0) is 22.8. The molecule has 31 heavy (non-hydrogen) atoms. The minimum absolute atomic E-state index is 0.128. The molecule has 1 fully saturated rings. The lowest BCUT2D eigenvalue weighted by atomic mass is 10.0. The molecule has 1 saturated heterocycles. The van der Waals surface area contributed by atoms with Gasteiger partial charge in [0.05, 0.1) is 12.3 Å². The topological polar surface area (TPSA) is 59.0 Å². The summed E-state index contributed by atoms with van der Waals surface area (Å²) in [6.45, 7) is -0.385. The van der Waals surface area contributed by atoms with E-state index >= 15 is 0 Å². The molecule has 2 atom stereocenters. The Bertz CT molecular complexity index is 913. The van der Waals surface area contributed by atoms with Crippen LogP contribution in [0.25, 0.3) is 0 Å². The predicted molar refractivity (Wildman–Crippen MR) is 97.2 cm³/mol. The van der Waals surface area contributed by atoms with Gasteiger partial charge in [-0.15, -0.1) is 13.2 Å². The van der Waals surface area contributed by atoms with Crippen LogP contribution in [0.5, 0.6) is 17.2 Å². The summed E-state index contributed by atoms with van der Waals surface area (Å²) in [5.41, 5.74) is 0.352. The quantitative estimate of drug-likeness (QED) is 0.581. The highest BCUT2D eigenvalue weighted by molar-refractivity contribution is 5.69. The number of hydrogen-bond acceptors (Lipinski definition) is 4. The first-order valence-corrected chi connectivity index (χ1v) is 9.10. The molecular weight excluding hydrogens is 432 g/mol. The largest absolute Gasteiger partial charge is 0.573 e. The number of carboxylic acids is 1. The molecule has 3 rings (SSSR count). The predicted octanol–water partition coefficient (Wildman–Crippen LogP) is 5.61. The van der Waals surface area contributed by atoms with Crippen LogP contribution in [0.1, 0.15) is 12.8 Å². The molecule has 1 aliphatic rings. The van der Waals surface area contributed by atoms with E-state index < -0.39 is 42.6 Å². The molecule has 0 bridgehead atoms. The van der Waals surface area contributed by atoms with Gasteiger partial charge in [0, 0.05) is 18.3 Å². The molecule has 0 saturated carbocycles. The lowest BCUT2D eigenvalue weighted by Gasteiger charge is -2.26. The molecular formula is C20H17F6NO4. The SMILES string of the molecule is O=C(O)CC1CC(C(F)(F)F)CN1c1ccc(Oc2ccccc2OC(F)(F)F)cc1. The van der Waals surface area contributed by atoms with E-state index in [0.717, 1.165) is 6.07 Å². The average molecular weight is 449 g/mol. The standard InChI is InChI=1S/C20H17F6NO4/c21-19(22,23)12-9-14(10-18(28)29)27(11-12)13-5-7-15(8-6-13)30-16-3-1-2-4-17(16)31-20(24,25)26/h1-8,12,14H,9-11H2,(H,28,29). The fourth-order valence-electron chi connectivity index (χ4n) is 3.44. The maximum absolute atomic E-state index is 13.1. The monoisotopic (exact) mass is 449 g/mol. The van der Waals surface area contributed by atoms with Crippen LogP contribution in [0.4, 0.5) is 32.0 Å². The van der Waals surface area contributed by atoms with Gasteiger partial charge in [0.2, 0.25) is 0 Å². The van der Waals surface area contributed by atoms with Gasteiger partial charge in [-0.3, -0.25) is 4.79 Å². The van der Waals surface area contributed by atoms with E-state index in [4.69, 9.17) is 9.84 Å². The van der Waals surface area contributed by atoms with Crippen molar-refractivity contribution in [2.45, 2.75) is 31.4 Å². The Kier molecular flexibility index (Phi) is 6.23. The summed E-state index contributed by atoms with van der Waals surface area (Å²) >= 11 is 0. The van der Waals surface area contributed by atoms with Crippen LogP contribution in [0.15, 0.2) is 48.5 Å². The first kappa shape index (κ1) is 22.6. The van der Waals surface area contributed by atoms with Crippen LogP contribution in [-0.4, -0.2) is 36.2 Å². The second-order valence-electron chi connectivity index (χ2n) is 6.97. The van der Waals surface area contributed by atoms with Gasteiger partial charge in [-0.2, -0.15) is 13.2 Å². The van der Waals surface area contributed by atoms with Crippen molar-refractivity contribution in [3.8, 4) is 17.2 Å². The van der Waals surface area contributed by atoms with Gasteiger partial charge < -0.3 is 19.5 Å². The van der Waals surface area contributed by atoms with Gasteiger partial charge in [0.15, 0.2) is 11.5 Å². The third-order valence-electron chi connectivity index (χ3n) is 4.76. The van der Waals surface area contributed by atoms with Crippen molar-refractivity contribution < 1.29 is 45.7 Å². The molecule has 2 aromatic carbocycles. The summed E-state index contributed by atoms with van der Waals surface area (Å²) in [5.74, 6) is -3.48. The van der Waals surface area contributed by atoms with Crippen LogP contribution >= 0.6 is 0 Å². The van der Waals surface area contributed by atoms with E-state index in [2.05, 4.69) is 4.74 Å². The van der Waals surface area contributed by atoms with Crippen LogP contribution in [0.2, 0.25) is 0 Å². The van der Waals surface area contributed by atoms with Crippen molar-refractivity contribution in [2.24, 2.45) is 5.92 Å². The number of para-hydroxylation sites is 2. The van der Waals surface area contributed by atoms with Crippen molar-refractivity contribution >= 4 is 11.7 Å². The zero-order valence-corrected chi connectivity index (χ0v) is 15.8. The first-order chi connectivity index (χ1) is 14.4. The maximum atomic E-state index is 13.1. The van der Waals surface area contributed by atoms with Crippen molar-refractivity contribution in [2.75, 3.05) is 11.4 Å². The minimum atomic E-state index is -4.91. The van der Waals surface area contributed by atoms with Gasteiger partial charge in [-0.05, 0) is 42.8 Å². The van der Waals surface area contributed by atoms with Crippen LogP contribution in [0.3, 0.4) is 0 Å². The molecule has 11 heteroatoms. The molecule has 2 unspecified atom stereocenters. The molecule has 0 spiro atoms. The summed E-state index contributed by atoms with van der Waals surface area (Å²) < 4.78 is 86.3. The van der Waals surface area contributed by atoms with E-state index in [-0.39, 0.29) is 24.5 Å². The van der Waals surface area contributed by atoms with E-state index in [1.165, 1.54) is 47.4 Å². The number of alkyl halides is 6. The van der Waals surface area contributed by atoms with Gasteiger partial charge in [0.25, 0.3) is 0 Å². The number of carbonyl (C=O) groups is 1. The van der Waals surface area contributed by atoms with Gasteiger partial charge in [-0.25, -0.2) is 0 Å². The van der Waals surface area contributed by atoms with Crippen LogP contribution < -0.4 is 14.4 Å². The smallest absolute Gasteiger partial charge is 0.481 e. The van der Waals surface area contributed by atoms with Crippen molar-refractivity contribution in [3.63, 3.8) is 0 Å². The van der Waals surface area contributed by atoms with E-state index in [1.807, 2.05) is 0 Å². The average Bonchev–Trinajstić information content (AvgIpc) is 3.06. The summed E-state index contributed by atoms with van der Waals surface area (Å²) in [5, 5.41) is 9.02. The molecule has 1 N–H and O–H groups in total. The van der Waals surface area contributed by atoms with Crippen LogP contribution in [0, 0.1) is 5.92 Å². The Labute approximate surface area is 172 Å². The third-order valence-corrected chi connectivity index (χ3v) is 4.76. The molecule has 1 heterocycles. The van der Waals surface area contributed by atoms with E-state index in [0.29, 0.717) is 5.69 Å². The number of carboxylic acid groups (broad SMARTS) is 1. The summed E-state index contributed by atoms with van der Waals surface area (Å²) in [4.78, 5) is 12.4. The Balaban J connectivity index is 1.77. The Morgan fingerprint density at radius 3 is 2.16 bits per heavy atom. The van der Waals surface area contributed by atoms with Gasteiger partial charge >= 0.3 is 18.5 Å². The molecule has 0 aromatic heterocycles. The number of halogens is 6. The Morgan fingerprint density at radius 1 is 1.00 bits per heavy atom. The van der Waals surface area contributed by atoms with E-state index in [1.54, 1.807) is 0 Å². The maximum Gasteiger partial charge on any atom is 0.573 e. The second kappa shape index (κ2) is 8.56. The minimum Gasteiger partial charge on any atom is -0.481 e. The summed E-state index contributed by atoms with van der Waals surface area (Å²) in [6.07, 6.45) is -10.1. The molecule has 168 valence electrons. The molecule has 1 aliphatic heterocycles. The number of nitrogens with zero attached hydrogens (tertiary/aromatic N) is 1. The number of hydrogen-bond donors (Lipinski definition) is 1. The molecule has 0 aliphatic carbocycles. The highest BCUT2D eigenvalue weighted by Gasteiger charge is 2.47. The molecule has 5 nitrogen and oxygen atoms in total. The fraction of sp³-hybridized carbons (Fsp3) is 0.350. The number of rotatable bonds is 6. The molecule has 2 aromatic rings. The van der Waals surface area contributed by atoms with Crippen molar-refractivity contribution in [1.82, 2.24) is 0 Å². The summed E-state index contributed by atoms with van der Waals surface area (Å²) in [6, 6.07) is 9.90.